The van der Waals surface area contributed by atoms with Crippen LogP contribution in [0.3, 0.4) is 0 Å². The highest BCUT2D eigenvalue weighted by atomic mass is 19.3. The minimum Gasteiger partial charge on any atom is -0.493 e. The summed E-state index contributed by atoms with van der Waals surface area (Å²) in [6, 6.07) is 5.22. The van der Waals surface area contributed by atoms with Crippen molar-refractivity contribution >= 4 is 5.96 Å². The zero-order valence-electron chi connectivity index (χ0n) is 12.5. The van der Waals surface area contributed by atoms with Crippen LogP contribution < -0.4 is 20.5 Å². The van der Waals surface area contributed by atoms with Gasteiger partial charge < -0.3 is 20.5 Å². The van der Waals surface area contributed by atoms with E-state index in [4.69, 9.17) is 10.5 Å². The second-order valence-electron chi connectivity index (χ2n) is 5.12. The molecule has 0 saturated heterocycles. The Morgan fingerprint density at radius 2 is 2.23 bits per heavy atom. The molecular formula is C15H21F2N3O2. The van der Waals surface area contributed by atoms with Gasteiger partial charge in [-0.2, -0.15) is 8.78 Å². The Balaban J connectivity index is 2.06. The van der Waals surface area contributed by atoms with E-state index in [-0.39, 0.29) is 12.3 Å². The van der Waals surface area contributed by atoms with Gasteiger partial charge in [0.2, 0.25) is 0 Å². The van der Waals surface area contributed by atoms with Gasteiger partial charge in [-0.25, -0.2) is 4.99 Å². The maximum absolute atomic E-state index is 12.5. The number of nitrogens with one attached hydrogen (secondary N) is 1. The van der Waals surface area contributed by atoms with Crippen LogP contribution in [0.4, 0.5) is 8.78 Å². The highest BCUT2D eigenvalue weighted by Gasteiger charge is 2.21. The Labute approximate surface area is 128 Å². The molecule has 7 heteroatoms. The Bertz CT molecular complexity index is 520. The maximum atomic E-state index is 12.5. The van der Waals surface area contributed by atoms with Gasteiger partial charge in [-0.05, 0) is 31.4 Å². The van der Waals surface area contributed by atoms with Gasteiger partial charge in [0.25, 0.3) is 0 Å². The number of alkyl halides is 2. The van der Waals surface area contributed by atoms with Crippen molar-refractivity contribution in [2.75, 3.05) is 6.61 Å². The summed E-state index contributed by atoms with van der Waals surface area (Å²) in [4.78, 5) is 4.15. The highest BCUT2D eigenvalue weighted by molar-refractivity contribution is 5.78. The summed E-state index contributed by atoms with van der Waals surface area (Å²) in [6.45, 7) is -0.244. The van der Waals surface area contributed by atoms with E-state index < -0.39 is 6.61 Å². The monoisotopic (exact) mass is 313 g/mol. The third-order valence-corrected chi connectivity index (χ3v) is 3.08. The molecule has 22 heavy (non-hydrogen) atoms. The van der Waals surface area contributed by atoms with Crippen molar-refractivity contribution in [3.63, 3.8) is 0 Å². The van der Waals surface area contributed by atoms with Gasteiger partial charge >= 0.3 is 6.61 Å². The summed E-state index contributed by atoms with van der Waals surface area (Å²) in [7, 11) is 0. The molecule has 2 rings (SSSR count). The first-order chi connectivity index (χ1) is 10.6. The zero-order valence-corrected chi connectivity index (χ0v) is 12.5. The van der Waals surface area contributed by atoms with Gasteiger partial charge in [-0.15, -0.1) is 0 Å². The minimum atomic E-state index is -2.90. The molecule has 0 radical (unpaired) electrons. The van der Waals surface area contributed by atoms with E-state index in [9.17, 15) is 8.78 Å². The predicted octanol–water partition coefficient (Wildman–Crippen LogP) is 2.64. The molecule has 1 aliphatic carbocycles. The number of rotatable bonds is 8. The first-order valence-electron chi connectivity index (χ1n) is 7.35. The Morgan fingerprint density at radius 3 is 2.86 bits per heavy atom. The van der Waals surface area contributed by atoms with Crippen LogP contribution in [0.25, 0.3) is 0 Å². The molecule has 1 aromatic carbocycles. The standard InChI is InChI=1S/C15H21F2N3O2/c1-2-7-21-12-6-3-10(13(8-12)22-14(16)17)9-19-15(18)20-11-4-5-11/h3,6,8,11,14H,2,4-5,7,9H2,1H3,(H3,18,19,20). The van der Waals surface area contributed by atoms with Crippen LogP contribution in [0.1, 0.15) is 31.7 Å². The van der Waals surface area contributed by atoms with Crippen molar-refractivity contribution in [3.8, 4) is 11.5 Å². The van der Waals surface area contributed by atoms with E-state index in [1.807, 2.05) is 6.92 Å². The minimum absolute atomic E-state index is 0.0616. The van der Waals surface area contributed by atoms with Crippen molar-refractivity contribution in [2.24, 2.45) is 10.7 Å². The van der Waals surface area contributed by atoms with E-state index in [1.54, 1.807) is 12.1 Å². The molecule has 122 valence electrons. The molecule has 0 unspecified atom stereocenters. The lowest BCUT2D eigenvalue weighted by Gasteiger charge is -2.12. The van der Waals surface area contributed by atoms with Crippen molar-refractivity contribution in [1.29, 1.82) is 0 Å². The Morgan fingerprint density at radius 1 is 1.45 bits per heavy atom. The molecule has 0 heterocycles. The number of nitrogens with zero attached hydrogens (tertiary/aromatic N) is 1. The van der Waals surface area contributed by atoms with Crippen LogP contribution in [0, 0.1) is 0 Å². The smallest absolute Gasteiger partial charge is 0.387 e. The van der Waals surface area contributed by atoms with Gasteiger partial charge in [0.15, 0.2) is 5.96 Å². The summed E-state index contributed by atoms with van der Waals surface area (Å²) >= 11 is 0. The number of hydrogen-bond acceptors (Lipinski definition) is 3. The topological polar surface area (TPSA) is 68.9 Å². The van der Waals surface area contributed by atoms with Gasteiger partial charge in [0.05, 0.1) is 13.2 Å². The van der Waals surface area contributed by atoms with Crippen LogP contribution >= 0.6 is 0 Å². The fourth-order valence-electron chi connectivity index (χ4n) is 1.83. The van der Waals surface area contributed by atoms with Gasteiger partial charge in [-0.1, -0.05) is 6.92 Å². The molecule has 0 aliphatic heterocycles. The quantitative estimate of drug-likeness (QED) is 0.572. The van der Waals surface area contributed by atoms with E-state index in [0.29, 0.717) is 29.9 Å². The third-order valence-electron chi connectivity index (χ3n) is 3.08. The number of ether oxygens (including phenoxy) is 2. The number of guanidine groups is 1. The van der Waals surface area contributed by atoms with Crippen molar-refractivity contribution < 1.29 is 18.3 Å². The summed E-state index contributed by atoms with van der Waals surface area (Å²) in [6.07, 6.45) is 3.00. The molecule has 5 nitrogen and oxygen atoms in total. The molecular weight excluding hydrogens is 292 g/mol. The normalized spacial score (nSPS) is 15.0. The first-order valence-corrected chi connectivity index (χ1v) is 7.35. The van der Waals surface area contributed by atoms with E-state index in [0.717, 1.165) is 19.3 Å². The molecule has 0 atom stereocenters. The van der Waals surface area contributed by atoms with E-state index in [2.05, 4.69) is 15.0 Å². The molecule has 1 saturated carbocycles. The molecule has 0 amide bonds. The molecule has 0 aromatic heterocycles. The summed E-state index contributed by atoms with van der Waals surface area (Å²) in [5.74, 6) is 0.873. The lowest BCUT2D eigenvalue weighted by Crippen LogP contribution is -2.33. The van der Waals surface area contributed by atoms with Gasteiger partial charge in [0.1, 0.15) is 11.5 Å². The average Bonchev–Trinajstić information content (AvgIpc) is 3.27. The van der Waals surface area contributed by atoms with E-state index in [1.165, 1.54) is 6.07 Å². The van der Waals surface area contributed by atoms with Crippen LogP contribution in [0.2, 0.25) is 0 Å². The molecule has 0 bridgehead atoms. The van der Waals surface area contributed by atoms with Crippen molar-refractivity contribution in [1.82, 2.24) is 5.32 Å². The van der Waals surface area contributed by atoms with Crippen molar-refractivity contribution in [3.05, 3.63) is 23.8 Å². The Hall–Kier alpha value is -2.05. The van der Waals surface area contributed by atoms with Crippen molar-refractivity contribution in [2.45, 2.75) is 45.4 Å². The first kappa shape index (κ1) is 16.3. The third kappa shape index (κ3) is 5.38. The number of nitrogens with two attached hydrogens (primary N) is 1. The van der Waals surface area contributed by atoms with Gasteiger partial charge in [0, 0.05) is 17.7 Å². The lowest BCUT2D eigenvalue weighted by molar-refractivity contribution is -0.0505. The lowest BCUT2D eigenvalue weighted by atomic mass is 10.2. The summed E-state index contributed by atoms with van der Waals surface area (Å²) < 4.78 is 35.0. The SMILES string of the molecule is CCCOc1ccc(CN=C(N)NC2CC2)c(OC(F)F)c1. The second-order valence-corrected chi connectivity index (χ2v) is 5.12. The molecule has 3 N–H and O–H groups in total. The van der Waals surface area contributed by atoms with Gasteiger partial charge in [-0.3, -0.25) is 0 Å². The predicted molar refractivity (Wildman–Crippen MR) is 80.3 cm³/mol. The Kier molecular flexibility index (Phi) is 5.80. The molecule has 1 fully saturated rings. The van der Waals surface area contributed by atoms with Crippen LogP contribution in [-0.2, 0) is 6.54 Å². The number of halogens is 2. The summed E-state index contributed by atoms with van der Waals surface area (Å²) in [5.41, 5.74) is 6.27. The summed E-state index contributed by atoms with van der Waals surface area (Å²) in [5, 5.41) is 3.04. The zero-order chi connectivity index (χ0) is 15.9. The van der Waals surface area contributed by atoms with Crippen LogP contribution in [-0.4, -0.2) is 25.2 Å². The fourth-order valence-corrected chi connectivity index (χ4v) is 1.83. The fraction of sp³-hybridized carbons (Fsp3) is 0.533. The largest absolute Gasteiger partial charge is 0.493 e. The molecule has 1 aromatic rings. The number of benzene rings is 1. The molecule has 0 spiro atoms. The highest BCUT2D eigenvalue weighted by Crippen LogP contribution is 2.27. The van der Waals surface area contributed by atoms with Crippen LogP contribution in [0.5, 0.6) is 11.5 Å². The second kappa shape index (κ2) is 7.82. The average molecular weight is 313 g/mol. The maximum Gasteiger partial charge on any atom is 0.387 e. The number of hydrogen-bond donors (Lipinski definition) is 2. The molecule has 1 aliphatic rings. The van der Waals surface area contributed by atoms with Crippen LogP contribution in [0.15, 0.2) is 23.2 Å². The van der Waals surface area contributed by atoms with E-state index >= 15 is 0 Å². The number of aliphatic imine (C=N–C) groups is 1.